The van der Waals surface area contributed by atoms with Gasteiger partial charge in [0.25, 0.3) is 0 Å². The Morgan fingerprint density at radius 3 is 0.884 bits per heavy atom. The van der Waals surface area contributed by atoms with Crippen LogP contribution in [-0.2, 0) is 32.5 Å². The minimum atomic E-state index is -5.99. The molecule has 0 atom stereocenters. The molecule has 0 fully saturated rings. The first-order valence-corrected chi connectivity index (χ1v) is 49.2. The Kier molecular flexibility index (Phi) is 14.1. The van der Waals surface area contributed by atoms with Gasteiger partial charge >= 0.3 is 666 Å². The average molecular weight is 1650 g/mol. The van der Waals surface area contributed by atoms with Gasteiger partial charge in [-0.2, -0.15) is 0 Å². The molecule has 0 unspecified atom stereocenters. The normalized spacial score (nSPS) is 15.2. The van der Waals surface area contributed by atoms with Gasteiger partial charge in [0.15, 0.2) is 0 Å². The first-order valence-electron chi connectivity index (χ1n) is 40.5. The summed E-state index contributed by atoms with van der Waals surface area (Å²) in [5, 5.41) is 10.2. The second-order valence-electron chi connectivity index (χ2n) is 39.1. The van der Waals surface area contributed by atoms with E-state index >= 15 is 0 Å². The van der Waals surface area contributed by atoms with Crippen molar-refractivity contribution in [2.24, 2.45) is 0 Å². The molecule has 1 aliphatic carbocycles. The van der Waals surface area contributed by atoms with E-state index in [1.165, 1.54) is 171 Å². The second kappa shape index (κ2) is 22.8. The van der Waals surface area contributed by atoms with E-state index in [2.05, 4.69) is 415 Å². The first kappa shape index (κ1) is 69.2. The molecule has 17 aromatic rings. The fourth-order valence-electron chi connectivity index (χ4n) is 20.2. The number of nitrogens with zero attached hydrogens (tertiary/aromatic N) is 5. The van der Waals surface area contributed by atoms with Crippen molar-refractivity contribution in [1.29, 1.82) is 0 Å². The molecule has 552 valence electrons. The molecule has 1 spiro atoms. The number of hydrogen-bond acceptors (Lipinski definition) is 2. The Morgan fingerprint density at radius 1 is 0.214 bits per heavy atom. The number of anilines is 6. The van der Waals surface area contributed by atoms with Crippen LogP contribution in [0.25, 0.3) is 116 Å². The molecule has 0 radical (unpaired) electrons. The minimum absolute atomic E-state index is 0.0575. The van der Waals surface area contributed by atoms with E-state index in [1.54, 1.807) is 0 Å². The summed E-state index contributed by atoms with van der Waals surface area (Å²) in [5.41, 5.74) is 30.5. The zero-order valence-electron chi connectivity index (χ0n) is 68.1. The van der Waals surface area contributed by atoms with Crippen molar-refractivity contribution in [3.8, 4) is 39.3 Å². The van der Waals surface area contributed by atoms with Gasteiger partial charge < -0.3 is 0 Å². The summed E-state index contributed by atoms with van der Waals surface area (Å²) in [7, 11) is 0. The molecule has 112 heavy (non-hydrogen) atoms. The molecule has 0 bridgehead atoms. The van der Waals surface area contributed by atoms with E-state index < -0.39 is 18.8 Å². The van der Waals surface area contributed by atoms with Gasteiger partial charge in [0.1, 0.15) is 0 Å². The van der Waals surface area contributed by atoms with Crippen LogP contribution < -0.4 is 26.2 Å². The van der Waals surface area contributed by atoms with Crippen LogP contribution in [-0.4, -0.2) is 32.5 Å². The molecule has 21 rings (SSSR count). The number of rotatable bonds is 5. The fraction of sp³-hybridized carbons (Fsp3) is 0.226. The molecule has 0 saturated heterocycles. The summed E-state index contributed by atoms with van der Waals surface area (Å²) in [6.07, 6.45) is 0. The van der Waals surface area contributed by atoms with Gasteiger partial charge in [0.2, 0.25) is 0 Å². The molecule has 0 amide bonds. The van der Waals surface area contributed by atoms with E-state index in [0.29, 0.717) is 0 Å². The number of hydrogen-bond donors (Lipinski definition) is 0. The third-order valence-corrected chi connectivity index (χ3v) is 51.3. The van der Waals surface area contributed by atoms with Crippen molar-refractivity contribution < 1.29 is 0 Å². The summed E-state index contributed by atoms with van der Waals surface area (Å²) >= 11 is -5.99. The van der Waals surface area contributed by atoms with Gasteiger partial charge in [-0.25, -0.2) is 0 Å². The second-order valence-corrected chi connectivity index (χ2v) is 57.1. The van der Waals surface area contributed by atoms with Gasteiger partial charge in [0, 0.05) is 0 Å². The molecule has 5 nitrogen and oxygen atoms in total. The zero-order chi connectivity index (χ0) is 77.4. The van der Waals surface area contributed by atoms with Gasteiger partial charge in [-0.15, -0.1) is 0 Å². The average Bonchev–Trinajstić information content (AvgIpc) is 1.41. The molecule has 14 aromatic carbocycles. The van der Waals surface area contributed by atoms with Gasteiger partial charge in [-0.1, -0.05) is 0 Å². The summed E-state index contributed by atoms with van der Waals surface area (Å²) in [6, 6.07) is 107. The van der Waals surface area contributed by atoms with Gasteiger partial charge in [0.05, 0.1) is 0 Å². The van der Waals surface area contributed by atoms with Crippen molar-refractivity contribution >= 4 is 145 Å². The van der Waals surface area contributed by atoms with Crippen molar-refractivity contribution in [2.45, 2.75) is 157 Å². The summed E-state index contributed by atoms with van der Waals surface area (Å²) in [5.74, 6) is 0. The standard InChI is InChI=1S/C90H90N5.C16H8.Bi/c1-85(2,3)58-37-43-79-75(47-58)76-48-59(86(4,5)6)38-44-80(76)93(79)68-33-25-31-66(53-68)91(64-27-21-19-22-28-64)70-55-71(57-72(56-70)95-83-51-62(89(13,14)15)35-41-73(83)74-42-36-63(52-84(74)95)90(16,17)18)92(65-29-23-20-24-30-65)67-32-26-34-69(54-67)94-81-45-39-60(87(7,8)9)49-77(81)78-50-61(88(10,11)12)40-46-82(78)94;1-2-8-13-12(7-1)14-9-3-5-11-6-4-10-15(13)16(11)14;/h19-30,33-54,56-57H,1-18H3;3-10H;. The van der Waals surface area contributed by atoms with E-state index in [4.69, 9.17) is 0 Å². The Morgan fingerprint density at radius 2 is 0.536 bits per heavy atom. The van der Waals surface area contributed by atoms with Crippen molar-refractivity contribution in [2.75, 3.05) is 9.80 Å². The molecule has 3 aliphatic heterocycles. The maximum absolute atomic E-state index is 5.99. The van der Waals surface area contributed by atoms with E-state index in [-0.39, 0.29) is 32.5 Å². The van der Waals surface area contributed by atoms with Gasteiger partial charge in [-0.05, 0) is 0 Å². The molecule has 4 aliphatic rings. The molecular formula is C106H98BiN5. The Balaban J connectivity index is 0.964. The number of benzene rings is 14. The van der Waals surface area contributed by atoms with Crippen LogP contribution in [0.1, 0.15) is 158 Å². The van der Waals surface area contributed by atoms with Crippen LogP contribution in [0, 0.1) is 0 Å². The topological polar surface area (TPSA) is 21.3 Å². The third kappa shape index (κ3) is 9.39. The van der Waals surface area contributed by atoms with Crippen molar-refractivity contribution in [1.82, 2.24) is 13.7 Å². The van der Waals surface area contributed by atoms with Crippen LogP contribution in [0.4, 0.5) is 34.1 Å². The molecular weight excluding hydrogens is 1550 g/mol. The van der Waals surface area contributed by atoms with E-state index in [0.717, 1.165) is 28.4 Å². The summed E-state index contributed by atoms with van der Waals surface area (Å²) < 4.78 is 15.3. The van der Waals surface area contributed by atoms with Crippen LogP contribution in [0.15, 0.2) is 267 Å². The quantitative estimate of drug-likeness (QED) is 0.160. The van der Waals surface area contributed by atoms with Gasteiger partial charge in [-0.3, -0.25) is 0 Å². The van der Waals surface area contributed by atoms with Crippen LogP contribution in [0.3, 0.4) is 0 Å². The number of para-hydroxylation sites is 2. The Bertz CT molecular complexity index is 6460. The summed E-state index contributed by atoms with van der Waals surface area (Å²) in [6.45, 7) is 42.3. The third-order valence-electron chi connectivity index (χ3n) is 26.2. The molecule has 0 N–H and O–H groups in total. The zero-order valence-corrected chi connectivity index (χ0v) is 71.6. The van der Waals surface area contributed by atoms with E-state index in [9.17, 15) is 0 Å². The van der Waals surface area contributed by atoms with Crippen LogP contribution in [0.5, 0.6) is 0 Å². The fourth-order valence-corrected chi connectivity index (χ4v) is 53.1. The Labute approximate surface area is 660 Å². The van der Waals surface area contributed by atoms with E-state index in [1.807, 2.05) is 0 Å². The number of aromatic nitrogens is 3. The molecule has 3 aromatic heterocycles. The summed E-state index contributed by atoms with van der Waals surface area (Å²) in [4.78, 5) is 5.46. The van der Waals surface area contributed by atoms with Crippen LogP contribution >= 0.6 is 0 Å². The Hall–Kier alpha value is -10.8. The predicted octanol–water partition coefficient (Wildman–Crippen LogP) is 25.7. The molecule has 6 heterocycles. The van der Waals surface area contributed by atoms with Crippen molar-refractivity contribution in [3.63, 3.8) is 0 Å². The van der Waals surface area contributed by atoms with Crippen LogP contribution in [0.2, 0.25) is 0 Å². The first-order chi connectivity index (χ1) is 53.3. The van der Waals surface area contributed by atoms with Crippen molar-refractivity contribution in [3.05, 3.63) is 300 Å². The SMILES string of the molecule is CC(C)(C)c1ccc2c(c1)c1cc(C(C)(C)C)ccc1n2-c1cc[c]2c(c1)N(c1ccccc1)c1cc(-n3c4cc(C(C)(C)C)ccc4c4ccc(C(C)(C)C)cc43)cc3[c]1[Bi]21([c]2ccc(-n4c5ccc(C(C)(C)C)cc5c5cc(C(C)(C)C)ccc54)cc2N3c2ccccc2)[c]2cc3c(c[c]21)-c1cccc2cccc-3c12. The number of fused-ring (bicyclic) bond motifs is 15. The molecule has 6 heteroatoms. The predicted molar refractivity (Wildman–Crippen MR) is 483 cm³/mol. The molecule has 0 saturated carbocycles. The monoisotopic (exact) mass is 1650 g/mol. The maximum atomic E-state index is 2.76.